The summed E-state index contributed by atoms with van der Waals surface area (Å²) in [6.45, 7) is 7.07. The molecular weight excluding hydrogens is 330 g/mol. The van der Waals surface area contributed by atoms with Crippen LogP contribution in [0.15, 0.2) is 24.3 Å². The SMILES string of the molecule is Cc1nn(CC(C)C)c2c1C(c1ccc(-c3nn[nH]n3)cc1)CC(=O)N2. The van der Waals surface area contributed by atoms with Gasteiger partial charge in [-0.3, -0.25) is 4.79 Å². The van der Waals surface area contributed by atoms with E-state index in [1.165, 1.54) is 0 Å². The molecule has 0 saturated carbocycles. The van der Waals surface area contributed by atoms with Crippen LogP contribution in [0.5, 0.6) is 0 Å². The van der Waals surface area contributed by atoms with Gasteiger partial charge in [0.2, 0.25) is 11.7 Å². The van der Waals surface area contributed by atoms with Gasteiger partial charge in [-0.1, -0.05) is 38.1 Å². The van der Waals surface area contributed by atoms with E-state index in [1.54, 1.807) is 0 Å². The number of fused-ring (bicyclic) bond motifs is 1. The summed E-state index contributed by atoms with van der Waals surface area (Å²) >= 11 is 0. The fourth-order valence-electron chi connectivity index (χ4n) is 3.53. The molecular formula is C18H21N7O. The van der Waals surface area contributed by atoms with E-state index in [-0.39, 0.29) is 11.8 Å². The van der Waals surface area contributed by atoms with E-state index in [1.807, 2.05) is 35.9 Å². The molecule has 1 amide bonds. The number of hydrogen-bond donors (Lipinski definition) is 2. The van der Waals surface area contributed by atoms with E-state index in [4.69, 9.17) is 0 Å². The van der Waals surface area contributed by atoms with Crippen LogP contribution < -0.4 is 5.32 Å². The summed E-state index contributed by atoms with van der Waals surface area (Å²) in [5.74, 6) is 1.86. The lowest BCUT2D eigenvalue weighted by molar-refractivity contribution is -0.116. The number of tetrazole rings is 1. The second-order valence-electron chi connectivity index (χ2n) is 7.09. The monoisotopic (exact) mass is 351 g/mol. The minimum atomic E-state index is -0.000944. The van der Waals surface area contributed by atoms with Gasteiger partial charge in [0.15, 0.2) is 0 Å². The first-order valence-corrected chi connectivity index (χ1v) is 8.74. The number of amides is 1. The van der Waals surface area contributed by atoms with Gasteiger partial charge in [-0.2, -0.15) is 10.3 Å². The topological polar surface area (TPSA) is 101 Å². The lowest BCUT2D eigenvalue weighted by Gasteiger charge is -2.25. The minimum Gasteiger partial charge on any atom is -0.311 e. The Balaban J connectivity index is 1.72. The van der Waals surface area contributed by atoms with E-state index in [9.17, 15) is 4.79 Å². The number of aryl methyl sites for hydroxylation is 1. The number of nitrogens with one attached hydrogen (secondary N) is 2. The summed E-state index contributed by atoms with van der Waals surface area (Å²) in [5, 5.41) is 21.7. The number of aromatic nitrogens is 6. The van der Waals surface area contributed by atoms with Crippen molar-refractivity contribution in [1.29, 1.82) is 0 Å². The zero-order valence-corrected chi connectivity index (χ0v) is 15.0. The second-order valence-corrected chi connectivity index (χ2v) is 7.09. The Bertz CT molecular complexity index is 925. The number of anilines is 1. The van der Waals surface area contributed by atoms with Crippen LogP contribution in [-0.2, 0) is 11.3 Å². The number of hydrogen-bond acceptors (Lipinski definition) is 5. The highest BCUT2D eigenvalue weighted by molar-refractivity contribution is 5.94. The zero-order valence-electron chi connectivity index (χ0n) is 15.0. The van der Waals surface area contributed by atoms with Gasteiger partial charge in [-0.05, 0) is 23.6 Å². The summed E-state index contributed by atoms with van der Waals surface area (Å²) in [4.78, 5) is 12.3. The molecule has 134 valence electrons. The molecule has 0 radical (unpaired) electrons. The molecule has 26 heavy (non-hydrogen) atoms. The lowest BCUT2D eigenvalue weighted by atomic mass is 9.85. The Kier molecular flexibility index (Phi) is 4.02. The second kappa shape index (κ2) is 6.36. The summed E-state index contributed by atoms with van der Waals surface area (Å²) in [6, 6.07) is 7.97. The number of benzene rings is 1. The van der Waals surface area contributed by atoms with Crippen molar-refractivity contribution in [3.63, 3.8) is 0 Å². The van der Waals surface area contributed by atoms with Crippen molar-refractivity contribution in [3.05, 3.63) is 41.1 Å². The highest BCUT2D eigenvalue weighted by Gasteiger charge is 2.32. The highest BCUT2D eigenvalue weighted by atomic mass is 16.1. The van der Waals surface area contributed by atoms with Gasteiger partial charge in [-0.15, -0.1) is 10.2 Å². The van der Waals surface area contributed by atoms with E-state index in [2.05, 4.69) is 44.9 Å². The van der Waals surface area contributed by atoms with Crippen molar-refractivity contribution in [2.75, 3.05) is 5.32 Å². The third-order valence-electron chi connectivity index (χ3n) is 4.62. The quantitative estimate of drug-likeness (QED) is 0.752. The van der Waals surface area contributed by atoms with Crippen LogP contribution >= 0.6 is 0 Å². The predicted octanol–water partition coefficient (Wildman–Crippen LogP) is 2.50. The van der Waals surface area contributed by atoms with Crippen LogP contribution in [0.2, 0.25) is 0 Å². The normalized spacial score (nSPS) is 16.6. The average Bonchev–Trinajstić information content (AvgIpc) is 3.23. The molecule has 0 aliphatic carbocycles. The lowest BCUT2D eigenvalue weighted by Crippen LogP contribution is -2.25. The molecule has 0 saturated heterocycles. The zero-order chi connectivity index (χ0) is 18.3. The van der Waals surface area contributed by atoms with Crippen LogP contribution in [-0.4, -0.2) is 36.3 Å². The van der Waals surface area contributed by atoms with Crippen molar-refractivity contribution < 1.29 is 4.79 Å². The molecule has 8 heteroatoms. The van der Waals surface area contributed by atoms with Gasteiger partial charge in [0.1, 0.15) is 5.82 Å². The van der Waals surface area contributed by atoms with Gasteiger partial charge in [0.05, 0.1) is 5.69 Å². The summed E-state index contributed by atoms with van der Waals surface area (Å²) < 4.78 is 1.92. The van der Waals surface area contributed by atoms with Crippen molar-refractivity contribution in [3.8, 4) is 11.4 Å². The smallest absolute Gasteiger partial charge is 0.226 e. The van der Waals surface area contributed by atoms with Crippen molar-refractivity contribution >= 4 is 11.7 Å². The Morgan fingerprint density at radius 3 is 2.69 bits per heavy atom. The molecule has 4 rings (SSSR count). The maximum Gasteiger partial charge on any atom is 0.226 e. The van der Waals surface area contributed by atoms with Gasteiger partial charge < -0.3 is 5.32 Å². The Hall–Kier alpha value is -3.03. The first kappa shape index (κ1) is 16.4. The van der Waals surface area contributed by atoms with Crippen LogP contribution in [0.3, 0.4) is 0 Å². The molecule has 0 bridgehead atoms. The number of H-pyrrole nitrogens is 1. The van der Waals surface area contributed by atoms with Crippen LogP contribution in [0.1, 0.15) is 43.0 Å². The first-order chi connectivity index (χ1) is 12.5. The minimum absolute atomic E-state index is 0.000944. The maximum atomic E-state index is 12.3. The summed E-state index contributed by atoms with van der Waals surface area (Å²) in [5.41, 5.74) is 4.04. The van der Waals surface area contributed by atoms with E-state index in [0.29, 0.717) is 18.2 Å². The van der Waals surface area contributed by atoms with Gasteiger partial charge in [-0.25, -0.2) is 4.68 Å². The predicted molar refractivity (Wildman–Crippen MR) is 96.5 cm³/mol. The average molecular weight is 351 g/mol. The molecule has 1 aromatic carbocycles. The molecule has 2 aromatic heterocycles. The first-order valence-electron chi connectivity index (χ1n) is 8.74. The van der Waals surface area contributed by atoms with Gasteiger partial charge in [0.25, 0.3) is 0 Å². The Morgan fingerprint density at radius 2 is 2.04 bits per heavy atom. The number of rotatable bonds is 4. The van der Waals surface area contributed by atoms with Gasteiger partial charge in [0, 0.05) is 30.0 Å². The number of aromatic amines is 1. The van der Waals surface area contributed by atoms with Crippen LogP contribution in [0.4, 0.5) is 5.82 Å². The van der Waals surface area contributed by atoms with E-state index < -0.39 is 0 Å². The highest BCUT2D eigenvalue weighted by Crippen LogP contribution is 2.39. The molecule has 8 nitrogen and oxygen atoms in total. The molecule has 1 aliphatic rings. The third-order valence-corrected chi connectivity index (χ3v) is 4.62. The molecule has 1 atom stereocenters. The largest absolute Gasteiger partial charge is 0.311 e. The molecule has 3 heterocycles. The number of carbonyl (C=O) groups is 1. The van der Waals surface area contributed by atoms with Crippen LogP contribution in [0, 0.1) is 12.8 Å². The molecule has 1 aliphatic heterocycles. The number of carbonyl (C=O) groups excluding carboxylic acids is 1. The fraction of sp³-hybridized carbons (Fsp3) is 0.389. The van der Waals surface area contributed by atoms with Crippen LogP contribution in [0.25, 0.3) is 11.4 Å². The summed E-state index contributed by atoms with van der Waals surface area (Å²) in [6.07, 6.45) is 0.419. The molecule has 1 unspecified atom stereocenters. The standard InChI is InChI=1S/C18H21N7O/c1-10(2)9-25-18-16(11(3)22-25)14(8-15(26)19-18)12-4-6-13(7-5-12)17-20-23-24-21-17/h4-7,10,14H,8-9H2,1-3H3,(H,19,26)(H,20,21,23,24). The molecule has 0 spiro atoms. The fourth-order valence-corrected chi connectivity index (χ4v) is 3.53. The maximum absolute atomic E-state index is 12.3. The number of nitrogens with zero attached hydrogens (tertiary/aromatic N) is 5. The molecule has 3 aromatic rings. The molecule has 0 fully saturated rings. The molecule has 2 N–H and O–H groups in total. The van der Waals surface area contributed by atoms with Crippen molar-refractivity contribution in [1.82, 2.24) is 30.4 Å². The van der Waals surface area contributed by atoms with Crippen molar-refractivity contribution in [2.24, 2.45) is 5.92 Å². The Morgan fingerprint density at radius 1 is 1.27 bits per heavy atom. The van der Waals surface area contributed by atoms with Gasteiger partial charge >= 0.3 is 0 Å². The Labute approximate surface area is 151 Å². The third kappa shape index (κ3) is 2.87. The van der Waals surface area contributed by atoms with E-state index >= 15 is 0 Å². The van der Waals surface area contributed by atoms with E-state index in [0.717, 1.165) is 34.7 Å². The summed E-state index contributed by atoms with van der Waals surface area (Å²) in [7, 11) is 0. The van der Waals surface area contributed by atoms with Crippen molar-refractivity contribution in [2.45, 2.75) is 39.7 Å².